The number of ether oxygens (including phenoxy) is 1. The molecule has 0 fully saturated rings. The minimum Gasteiger partial charge on any atom is -0.480 e. The summed E-state index contributed by atoms with van der Waals surface area (Å²) in [7, 11) is 3.03. The van der Waals surface area contributed by atoms with Crippen molar-refractivity contribution < 1.29 is 4.74 Å². The first kappa shape index (κ1) is 9.08. The zero-order chi connectivity index (χ0) is 9.84. The number of rotatable bonds is 2. The van der Waals surface area contributed by atoms with Gasteiger partial charge in [-0.3, -0.25) is 5.41 Å². The lowest BCUT2D eigenvalue weighted by molar-refractivity contribution is 0.400. The molecule has 0 bridgehead atoms. The van der Waals surface area contributed by atoms with Gasteiger partial charge in [0, 0.05) is 12.0 Å². The Morgan fingerprint density at radius 3 is 3.08 bits per heavy atom. The SMILES string of the molecule is COC(=N)c1ncn(C)c1N=[N+]=[N-]. The van der Waals surface area contributed by atoms with Crippen molar-refractivity contribution in [1.29, 1.82) is 5.41 Å². The lowest BCUT2D eigenvalue weighted by Crippen LogP contribution is -2.02. The first-order valence-corrected chi connectivity index (χ1v) is 3.40. The molecular weight excluding hydrogens is 172 g/mol. The van der Waals surface area contributed by atoms with Gasteiger partial charge in [0.15, 0.2) is 5.69 Å². The Morgan fingerprint density at radius 2 is 2.54 bits per heavy atom. The van der Waals surface area contributed by atoms with Gasteiger partial charge in [-0.2, -0.15) is 0 Å². The summed E-state index contributed by atoms with van der Waals surface area (Å²) in [5, 5.41) is 10.7. The highest BCUT2D eigenvalue weighted by Crippen LogP contribution is 2.17. The molecule has 0 unspecified atom stereocenters. The Morgan fingerprint density at radius 1 is 1.85 bits per heavy atom. The van der Waals surface area contributed by atoms with Crippen LogP contribution in [0.1, 0.15) is 5.69 Å². The van der Waals surface area contributed by atoms with Crippen LogP contribution in [0, 0.1) is 5.41 Å². The van der Waals surface area contributed by atoms with Crippen LogP contribution in [0.25, 0.3) is 10.4 Å². The van der Waals surface area contributed by atoms with E-state index in [4.69, 9.17) is 10.9 Å². The Kier molecular flexibility index (Phi) is 2.51. The van der Waals surface area contributed by atoms with Crippen molar-refractivity contribution in [3.63, 3.8) is 0 Å². The Bertz CT molecular complexity index is 374. The number of hydrogen-bond donors (Lipinski definition) is 1. The second kappa shape index (κ2) is 3.59. The predicted molar refractivity (Wildman–Crippen MR) is 45.9 cm³/mol. The fourth-order valence-electron chi connectivity index (χ4n) is 0.841. The molecule has 7 nitrogen and oxygen atoms in total. The second-order valence-electron chi connectivity index (χ2n) is 2.25. The molecule has 0 saturated carbocycles. The Balaban J connectivity index is 3.21. The normalized spacial score (nSPS) is 9.08. The number of aryl methyl sites for hydroxylation is 1. The fraction of sp³-hybridized carbons (Fsp3) is 0.333. The summed E-state index contributed by atoms with van der Waals surface area (Å²) in [6.07, 6.45) is 1.45. The number of azide groups is 1. The first-order valence-electron chi connectivity index (χ1n) is 3.40. The summed E-state index contributed by atoms with van der Waals surface area (Å²) in [6.45, 7) is 0. The zero-order valence-electron chi connectivity index (χ0n) is 7.22. The maximum atomic E-state index is 8.25. The fourth-order valence-corrected chi connectivity index (χ4v) is 0.841. The molecule has 1 aromatic heterocycles. The summed E-state index contributed by atoms with van der Waals surface area (Å²) in [4.78, 5) is 6.48. The van der Waals surface area contributed by atoms with Crippen LogP contribution >= 0.6 is 0 Å². The van der Waals surface area contributed by atoms with Gasteiger partial charge in [-0.05, 0) is 10.6 Å². The third-order valence-electron chi connectivity index (χ3n) is 1.46. The van der Waals surface area contributed by atoms with Gasteiger partial charge in [0.05, 0.1) is 13.4 Å². The van der Waals surface area contributed by atoms with E-state index in [0.29, 0.717) is 0 Å². The van der Waals surface area contributed by atoms with Crippen LogP contribution in [0.5, 0.6) is 0 Å². The summed E-state index contributed by atoms with van der Waals surface area (Å²) in [5.74, 6) is 0.150. The van der Waals surface area contributed by atoms with E-state index in [-0.39, 0.29) is 17.4 Å². The molecule has 0 saturated heterocycles. The maximum absolute atomic E-state index is 8.25. The van der Waals surface area contributed by atoms with Gasteiger partial charge in [-0.1, -0.05) is 0 Å². The molecule has 0 aromatic carbocycles. The molecule has 1 rings (SSSR count). The molecule has 0 aliphatic carbocycles. The number of nitrogens with zero attached hydrogens (tertiary/aromatic N) is 5. The molecule has 0 aliphatic heterocycles. The smallest absolute Gasteiger partial charge is 0.234 e. The van der Waals surface area contributed by atoms with Crippen molar-refractivity contribution >= 4 is 11.7 Å². The van der Waals surface area contributed by atoms with Crippen LogP contribution in [-0.4, -0.2) is 22.6 Å². The summed E-state index contributed by atoms with van der Waals surface area (Å²) < 4.78 is 6.18. The van der Waals surface area contributed by atoms with Crippen molar-refractivity contribution in [2.24, 2.45) is 12.2 Å². The summed E-state index contributed by atoms with van der Waals surface area (Å²) in [5.41, 5.74) is 8.49. The van der Waals surface area contributed by atoms with Crippen molar-refractivity contribution in [2.45, 2.75) is 0 Å². The molecule has 13 heavy (non-hydrogen) atoms. The third-order valence-corrected chi connectivity index (χ3v) is 1.46. The summed E-state index contributed by atoms with van der Waals surface area (Å²) in [6, 6.07) is 0. The van der Waals surface area contributed by atoms with Crippen molar-refractivity contribution in [3.8, 4) is 0 Å². The minimum atomic E-state index is -0.122. The number of hydrogen-bond acceptors (Lipinski definition) is 4. The molecular formula is C6H8N6O. The van der Waals surface area contributed by atoms with Crippen molar-refractivity contribution in [3.05, 3.63) is 22.5 Å². The van der Waals surface area contributed by atoms with E-state index >= 15 is 0 Å². The first-order chi connectivity index (χ1) is 6.20. The van der Waals surface area contributed by atoms with Crippen molar-refractivity contribution in [2.75, 3.05) is 7.11 Å². The van der Waals surface area contributed by atoms with E-state index < -0.39 is 0 Å². The molecule has 0 amide bonds. The van der Waals surface area contributed by atoms with E-state index in [1.165, 1.54) is 18.0 Å². The van der Waals surface area contributed by atoms with E-state index in [2.05, 4.69) is 19.7 Å². The topological polar surface area (TPSA) is 99.7 Å². The number of nitrogens with one attached hydrogen (secondary N) is 1. The number of aromatic nitrogens is 2. The van der Waals surface area contributed by atoms with Crippen LogP contribution in [0.4, 0.5) is 5.82 Å². The van der Waals surface area contributed by atoms with Crippen LogP contribution < -0.4 is 0 Å². The van der Waals surface area contributed by atoms with E-state index in [1.807, 2.05) is 0 Å². The van der Waals surface area contributed by atoms with Crippen LogP contribution in [0.3, 0.4) is 0 Å². The molecule has 1 N–H and O–H groups in total. The van der Waals surface area contributed by atoms with Gasteiger partial charge >= 0.3 is 0 Å². The minimum absolute atomic E-state index is 0.122. The van der Waals surface area contributed by atoms with Gasteiger partial charge in [-0.25, -0.2) is 4.98 Å². The average Bonchev–Trinajstić information content (AvgIpc) is 2.48. The Labute approximate surface area is 74.1 Å². The van der Waals surface area contributed by atoms with Gasteiger partial charge in [0.1, 0.15) is 5.82 Å². The van der Waals surface area contributed by atoms with E-state index in [0.717, 1.165) is 0 Å². The van der Waals surface area contributed by atoms with Gasteiger partial charge in [0.25, 0.3) is 0 Å². The number of imidazole rings is 1. The molecule has 1 aromatic rings. The molecule has 0 spiro atoms. The molecule has 1 heterocycles. The summed E-state index contributed by atoms with van der Waals surface area (Å²) >= 11 is 0. The third kappa shape index (κ3) is 1.60. The highest BCUT2D eigenvalue weighted by atomic mass is 16.5. The highest BCUT2D eigenvalue weighted by Gasteiger charge is 2.12. The Hall–Kier alpha value is -2.01. The molecule has 7 heteroatoms. The number of methoxy groups -OCH3 is 1. The van der Waals surface area contributed by atoms with E-state index in [1.54, 1.807) is 7.05 Å². The quantitative estimate of drug-likeness (QED) is 0.244. The molecule has 0 radical (unpaired) electrons. The van der Waals surface area contributed by atoms with Crippen LogP contribution in [0.2, 0.25) is 0 Å². The van der Waals surface area contributed by atoms with Gasteiger partial charge in [0.2, 0.25) is 5.90 Å². The predicted octanol–water partition coefficient (Wildman–Crippen LogP) is 1.33. The molecule has 0 aliphatic rings. The van der Waals surface area contributed by atoms with Crippen LogP contribution in [0.15, 0.2) is 11.4 Å². The monoisotopic (exact) mass is 180 g/mol. The lowest BCUT2D eigenvalue weighted by atomic mass is 10.4. The van der Waals surface area contributed by atoms with Crippen molar-refractivity contribution in [1.82, 2.24) is 9.55 Å². The van der Waals surface area contributed by atoms with Crippen LogP contribution in [-0.2, 0) is 11.8 Å². The maximum Gasteiger partial charge on any atom is 0.234 e. The van der Waals surface area contributed by atoms with Gasteiger partial charge in [-0.15, -0.1) is 0 Å². The lowest BCUT2D eigenvalue weighted by Gasteiger charge is -1.99. The molecule has 68 valence electrons. The van der Waals surface area contributed by atoms with Gasteiger partial charge < -0.3 is 9.30 Å². The standard InChI is InChI=1S/C6H8N6O/c1-12-3-9-4(5(7)13-2)6(12)10-11-8/h3,7H,1-2H3. The average molecular weight is 180 g/mol. The largest absolute Gasteiger partial charge is 0.480 e. The van der Waals surface area contributed by atoms with E-state index in [9.17, 15) is 0 Å². The second-order valence-corrected chi connectivity index (χ2v) is 2.25. The zero-order valence-corrected chi connectivity index (χ0v) is 7.22. The molecule has 0 atom stereocenters. The highest BCUT2D eigenvalue weighted by molar-refractivity contribution is 5.93.